The number of likely N-dealkylation sites (N-methyl/N-ethyl adjacent to an activating group) is 1. The molecular weight excluding hydrogens is 418 g/mol. The maximum Gasteiger partial charge on any atom is 0.321 e. The molecule has 0 spiro atoms. The molecule has 0 saturated carbocycles. The van der Waals surface area contributed by atoms with Gasteiger partial charge in [-0.25, -0.2) is 28.2 Å². The molecule has 4 heterocycles. The van der Waals surface area contributed by atoms with Crippen molar-refractivity contribution in [1.82, 2.24) is 24.8 Å². The number of rotatable bonds is 4. The van der Waals surface area contributed by atoms with Crippen LogP contribution in [0, 0.1) is 5.92 Å². The van der Waals surface area contributed by atoms with Crippen molar-refractivity contribution < 1.29 is 13.2 Å². The lowest BCUT2D eigenvalue weighted by atomic mass is 9.92. The fourth-order valence-electron chi connectivity index (χ4n) is 3.91. The number of fused-ring (bicyclic) bond motifs is 1. The molecule has 10 nitrogen and oxygen atoms in total. The number of H-pyrrole nitrogens is 1. The zero-order valence-electron chi connectivity index (χ0n) is 17.6. The highest BCUT2D eigenvalue weighted by Crippen LogP contribution is 2.28. The molecule has 1 aliphatic rings. The molecule has 31 heavy (non-hydrogen) atoms. The molecule has 1 fully saturated rings. The number of aromatic nitrogens is 4. The van der Waals surface area contributed by atoms with E-state index in [0.717, 1.165) is 29.5 Å². The van der Waals surface area contributed by atoms with Gasteiger partial charge in [0.1, 0.15) is 17.8 Å². The zero-order valence-corrected chi connectivity index (χ0v) is 18.4. The fraction of sp³-hybridized carbons (Fsp3) is 0.400. The fourth-order valence-corrected chi connectivity index (χ4v) is 4.47. The van der Waals surface area contributed by atoms with E-state index in [-0.39, 0.29) is 17.1 Å². The zero-order chi connectivity index (χ0) is 22.2. The number of hydrogen-bond acceptors (Lipinski definition) is 7. The Balaban J connectivity index is 1.48. The van der Waals surface area contributed by atoms with Crippen molar-refractivity contribution in [2.24, 2.45) is 5.92 Å². The number of sulfone groups is 1. The summed E-state index contributed by atoms with van der Waals surface area (Å²) in [5, 5.41) is 3.72. The Kier molecular flexibility index (Phi) is 5.52. The quantitative estimate of drug-likeness (QED) is 0.633. The lowest BCUT2D eigenvalue weighted by molar-refractivity contribution is 0.172. The molecule has 4 rings (SSSR count). The van der Waals surface area contributed by atoms with Gasteiger partial charge in [0, 0.05) is 32.6 Å². The summed E-state index contributed by atoms with van der Waals surface area (Å²) in [4.78, 5) is 32.5. The van der Waals surface area contributed by atoms with Crippen molar-refractivity contribution in [3.63, 3.8) is 0 Å². The third-order valence-electron chi connectivity index (χ3n) is 5.74. The molecule has 11 heteroatoms. The standard InChI is InChI=1S/C20H25N7O3S/c1-13-7-9-27(20(28)25-14-4-5-17(22-10-14)31(3,29)30)11-16(13)26(2)19-15-6-8-21-18(15)23-12-24-19/h4-6,8,10,12-13,16H,7,9,11H2,1-3H3,(H,25,28)(H,21,23,24). The Hall–Kier alpha value is -3.21. The van der Waals surface area contributed by atoms with Crippen molar-refractivity contribution in [3.05, 3.63) is 36.9 Å². The maximum absolute atomic E-state index is 12.9. The number of urea groups is 1. The van der Waals surface area contributed by atoms with Gasteiger partial charge >= 0.3 is 6.03 Å². The molecule has 2 unspecified atom stereocenters. The Morgan fingerprint density at radius 2 is 2.06 bits per heavy atom. The summed E-state index contributed by atoms with van der Waals surface area (Å²) < 4.78 is 23.1. The molecule has 0 radical (unpaired) electrons. The number of carbonyl (C=O) groups excluding carboxylic acids is 1. The number of pyridine rings is 1. The second-order valence-corrected chi connectivity index (χ2v) is 9.88. The van der Waals surface area contributed by atoms with Crippen molar-refractivity contribution in [1.29, 1.82) is 0 Å². The van der Waals surface area contributed by atoms with Crippen LogP contribution in [0.3, 0.4) is 0 Å². The van der Waals surface area contributed by atoms with Gasteiger partial charge in [-0.15, -0.1) is 0 Å². The average molecular weight is 444 g/mol. The molecular formula is C20H25N7O3S. The average Bonchev–Trinajstić information content (AvgIpc) is 3.22. The predicted octanol–water partition coefficient (Wildman–Crippen LogP) is 2.14. The molecule has 3 aromatic heterocycles. The van der Waals surface area contributed by atoms with Gasteiger partial charge in [0.15, 0.2) is 14.9 Å². The van der Waals surface area contributed by atoms with E-state index in [9.17, 15) is 13.2 Å². The van der Waals surface area contributed by atoms with Crippen LogP contribution in [0.4, 0.5) is 16.3 Å². The number of piperidine rings is 1. The van der Waals surface area contributed by atoms with Crippen molar-refractivity contribution >= 4 is 38.4 Å². The molecule has 164 valence electrons. The highest BCUT2D eigenvalue weighted by atomic mass is 32.2. The van der Waals surface area contributed by atoms with Gasteiger partial charge in [-0.2, -0.15) is 0 Å². The van der Waals surface area contributed by atoms with Crippen molar-refractivity contribution in [2.75, 3.05) is 36.6 Å². The van der Waals surface area contributed by atoms with E-state index < -0.39 is 9.84 Å². The summed E-state index contributed by atoms with van der Waals surface area (Å²) in [7, 11) is -1.39. The first-order valence-corrected chi connectivity index (χ1v) is 11.9. The van der Waals surface area contributed by atoms with E-state index >= 15 is 0 Å². The first-order valence-electron chi connectivity index (χ1n) is 9.97. The van der Waals surface area contributed by atoms with Gasteiger partial charge < -0.3 is 20.1 Å². The van der Waals surface area contributed by atoms with Crippen LogP contribution in [0.15, 0.2) is 41.9 Å². The first kappa shape index (κ1) is 21.0. The molecule has 0 bridgehead atoms. The Bertz CT molecular complexity index is 1190. The minimum Gasteiger partial charge on any atom is -0.354 e. The van der Waals surface area contributed by atoms with Crippen LogP contribution in [-0.4, -0.2) is 71.7 Å². The number of carbonyl (C=O) groups is 1. The summed E-state index contributed by atoms with van der Waals surface area (Å²) in [6.45, 7) is 3.35. The molecule has 1 saturated heterocycles. The summed E-state index contributed by atoms with van der Waals surface area (Å²) in [5.74, 6) is 1.19. The smallest absolute Gasteiger partial charge is 0.321 e. The van der Waals surface area contributed by atoms with Crippen LogP contribution in [0.1, 0.15) is 13.3 Å². The van der Waals surface area contributed by atoms with Crippen molar-refractivity contribution in [3.8, 4) is 0 Å². The van der Waals surface area contributed by atoms with Crippen LogP contribution in [-0.2, 0) is 9.84 Å². The SMILES string of the molecule is CC1CCN(C(=O)Nc2ccc(S(C)(=O)=O)nc2)CC1N(C)c1ncnc2[nH]ccc12. The van der Waals surface area contributed by atoms with Crippen LogP contribution >= 0.6 is 0 Å². The van der Waals surface area contributed by atoms with Gasteiger partial charge in [0.2, 0.25) is 0 Å². The molecule has 0 aromatic carbocycles. The summed E-state index contributed by atoms with van der Waals surface area (Å²) in [5.41, 5.74) is 1.23. The molecule has 2 amide bonds. The van der Waals surface area contributed by atoms with E-state index in [2.05, 4.69) is 37.1 Å². The molecule has 2 N–H and O–H groups in total. The molecule has 0 aliphatic carbocycles. The summed E-state index contributed by atoms with van der Waals surface area (Å²) in [6, 6.07) is 4.72. The van der Waals surface area contributed by atoms with Gasteiger partial charge in [0.05, 0.1) is 23.3 Å². The molecule has 3 aromatic rings. The number of amides is 2. The number of anilines is 2. The largest absolute Gasteiger partial charge is 0.354 e. The Labute approximate surface area is 180 Å². The van der Waals surface area contributed by atoms with E-state index in [4.69, 9.17) is 0 Å². The summed E-state index contributed by atoms with van der Waals surface area (Å²) >= 11 is 0. The van der Waals surface area contributed by atoms with E-state index in [1.165, 1.54) is 18.6 Å². The van der Waals surface area contributed by atoms with Crippen molar-refractivity contribution in [2.45, 2.75) is 24.4 Å². The van der Waals surface area contributed by atoms with Crippen LogP contribution in [0.2, 0.25) is 0 Å². The Morgan fingerprint density at radius 3 is 2.77 bits per heavy atom. The highest BCUT2D eigenvalue weighted by molar-refractivity contribution is 7.90. The minimum atomic E-state index is -3.38. The van der Waals surface area contributed by atoms with Gasteiger partial charge in [0.25, 0.3) is 0 Å². The number of aromatic amines is 1. The number of likely N-dealkylation sites (tertiary alicyclic amines) is 1. The number of nitrogens with one attached hydrogen (secondary N) is 2. The maximum atomic E-state index is 12.9. The van der Waals surface area contributed by atoms with Gasteiger partial charge in [-0.05, 0) is 30.5 Å². The lowest BCUT2D eigenvalue weighted by Gasteiger charge is -2.42. The van der Waals surface area contributed by atoms with E-state index in [0.29, 0.717) is 24.7 Å². The van der Waals surface area contributed by atoms with Crippen LogP contribution in [0.5, 0.6) is 0 Å². The van der Waals surface area contributed by atoms with Gasteiger partial charge in [-0.3, -0.25) is 0 Å². The topological polar surface area (TPSA) is 124 Å². The Morgan fingerprint density at radius 1 is 1.26 bits per heavy atom. The molecule has 1 aliphatic heterocycles. The second kappa shape index (κ2) is 8.14. The minimum absolute atomic E-state index is 0.0279. The number of nitrogens with zero attached hydrogens (tertiary/aromatic N) is 5. The normalized spacial score (nSPS) is 19.4. The third kappa shape index (κ3) is 4.31. The summed E-state index contributed by atoms with van der Waals surface area (Å²) in [6.07, 6.45) is 6.68. The molecule has 2 atom stereocenters. The van der Waals surface area contributed by atoms with E-state index in [1.54, 1.807) is 11.0 Å². The second-order valence-electron chi connectivity index (χ2n) is 7.91. The number of hydrogen-bond donors (Lipinski definition) is 2. The predicted molar refractivity (Wildman–Crippen MR) is 118 cm³/mol. The monoisotopic (exact) mass is 443 g/mol. The first-order chi connectivity index (χ1) is 14.7. The van der Waals surface area contributed by atoms with E-state index in [1.807, 2.05) is 19.3 Å². The highest BCUT2D eigenvalue weighted by Gasteiger charge is 2.33. The van der Waals surface area contributed by atoms with Crippen LogP contribution in [0.25, 0.3) is 11.0 Å². The third-order valence-corrected chi connectivity index (χ3v) is 6.74. The van der Waals surface area contributed by atoms with Gasteiger partial charge in [-0.1, -0.05) is 6.92 Å². The van der Waals surface area contributed by atoms with Crippen LogP contribution < -0.4 is 10.2 Å². The lowest BCUT2D eigenvalue weighted by Crippen LogP contribution is -2.53.